The summed E-state index contributed by atoms with van der Waals surface area (Å²) in [5.41, 5.74) is -0.775. The molecule has 0 amide bonds. The third-order valence-corrected chi connectivity index (χ3v) is 3.86. The number of H-pyrrole nitrogens is 1. The number of benzene rings is 1. The lowest BCUT2D eigenvalue weighted by molar-refractivity contribution is 0.414. The Morgan fingerprint density at radius 2 is 2.30 bits per heavy atom. The molecule has 0 aliphatic carbocycles. The summed E-state index contributed by atoms with van der Waals surface area (Å²) in [5.74, 6) is -0.798. The molecule has 1 aromatic heterocycles. The minimum Gasteiger partial charge on any atom is -0.361 e. The van der Waals surface area contributed by atoms with Gasteiger partial charge in [-0.3, -0.25) is 0 Å². The third-order valence-electron chi connectivity index (χ3n) is 2.57. The van der Waals surface area contributed by atoms with Crippen LogP contribution >= 0.6 is 0 Å². The number of sulfonamides is 1. The van der Waals surface area contributed by atoms with Crippen LogP contribution in [0, 0.1) is 0 Å². The molecule has 1 heterocycles. The molecule has 0 radical (unpaired) electrons. The zero-order valence-electron chi connectivity index (χ0n) is 21.7. The molecule has 2 N–H and O–H groups in total. The number of rotatable bonds is 6. The van der Waals surface area contributed by atoms with Crippen molar-refractivity contribution in [2.24, 2.45) is 0 Å². The Kier molecular flexibility index (Phi) is 1.84. The average Bonchev–Trinajstić information content (AvgIpc) is 3.06. The van der Waals surface area contributed by atoms with E-state index in [0.29, 0.717) is 0 Å². The van der Waals surface area contributed by atoms with Crippen LogP contribution in [0.2, 0.25) is 0 Å². The lowest BCUT2D eigenvalue weighted by atomic mass is 10.1. The van der Waals surface area contributed by atoms with Gasteiger partial charge in [-0.1, -0.05) is 6.04 Å². The smallest absolute Gasteiger partial charge is 0.215 e. The molecular weight excluding hydrogens is 274 g/mol. The van der Waals surface area contributed by atoms with Crippen LogP contribution in [0.4, 0.5) is 0 Å². The number of likely N-dealkylation sites (N-methyl/N-ethyl adjacent to an activating group) is 1. The molecule has 0 atom stereocenters. The van der Waals surface area contributed by atoms with Gasteiger partial charge in [-0.05, 0) is 50.6 Å². The van der Waals surface area contributed by atoms with Crippen molar-refractivity contribution in [3.05, 3.63) is 35.5 Å². The number of nitrogens with zero attached hydrogens (tertiary/aromatic N) is 1. The monoisotopic (exact) mass is 306 g/mol. The molecule has 0 fully saturated rings. The lowest BCUT2D eigenvalue weighted by Crippen LogP contribution is -2.20. The Hall–Kier alpha value is -1.37. The molecule has 5 nitrogen and oxygen atoms in total. The quantitative estimate of drug-likeness (QED) is 0.846. The second-order valence-electron chi connectivity index (χ2n) is 4.03. The van der Waals surface area contributed by atoms with E-state index < -0.39 is 60.8 Å². The highest BCUT2D eigenvalue weighted by Crippen LogP contribution is 2.21. The lowest BCUT2D eigenvalue weighted by Gasteiger charge is -2.08. The second kappa shape index (κ2) is 5.95. The first-order chi connectivity index (χ1) is 13.8. The van der Waals surface area contributed by atoms with Crippen molar-refractivity contribution in [1.82, 2.24) is 14.6 Å². The molecule has 110 valence electrons. The van der Waals surface area contributed by atoms with Gasteiger partial charge in [0.15, 0.2) is 0 Å². The zero-order valence-corrected chi connectivity index (χ0v) is 11.5. The van der Waals surface area contributed by atoms with Crippen molar-refractivity contribution >= 4 is 20.9 Å². The number of aromatic amines is 1. The maximum atomic E-state index is 12.0. The Balaban J connectivity index is 2.72. The summed E-state index contributed by atoms with van der Waals surface area (Å²) in [6, 6.07) is -1.53. The standard InChI is InChI=1S/C14H21N3O2S/c1-15-20(18,19)10-11-4-5-14-13(8-11)12(9-16-14)6-7-17(2)3/h4-5,8-9,15-16H,6-7,10H2,1-3H3/i2D3,3D3,4D,5D,6D2,8D. The Morgan fingerprint density at radius 3 is 3.00 bits per heavy atom. The highest BCUT2D eigenvalue weighted by Gasteiger charge is 2.11. The van der Waals surface area contributed by atoms with Crippen molar-refractivity contribution in [2.75, 3.05) is 27.5 Å². The molecule has 0 saturated carbocycles. The first-order valence-corrected chi connectivity index (χ1v) is 7.28. The van der Waals surface area contributed by atoms with Crippen LogP contribution in [0.5, 0.6) is 0 Å². The van der Waals surface area contributed by atoms with Gasteiger partial charge < -0.3 is 9.88 Å². The van der Waals surface area contributed by atoms with Crippen molar-refractivity contribution in [3.63, 3.8) is 0 Å². The molecule has 0 aliphatic heterocycles. The molecule has 0 saturated heterocycles. The molecule has 20 heavy (non-hydrogen) atoms. The van der Waals surface area contributed by atoms with E-state index in [1.54, 1.807) is 0 Å². The predicted molar refractivity (Wildman–Crippen MR) is 82.2 cm³/mol. The Bertz CT molecular complexity index is 1080. The van der Waals surface area contributed by atoms with Gasteiger partial charge in [0.25, 0.3) is 0 Å². The number of hydrogen-bond donors (Lipinski definition) is 2. The zero-order chi connectivity index (χ0) is 24.2. The van der Waals surface area contributed by atoms with Gasteiger partial charge in [-0.25, -0.2) is 13.1 Å². The van der Waals surface area contributed by atoms with Crippen LogP contribution in [0.1, 0.15) is 26.2 Å². The molecule has 0 unspecified atom stereocenters. The van der Waals surface area contributed by atoms with Crippen LogP contribution in [0.15, 0.2) is 24.3 Å². The summed E-state index contributed by atoms with van der Waals surface area (Å²) in [6.45, 7) is -7.38. The fourth-order valence-corrected chi connectivity index (χ4v) is 2.28. The van der Waals surface area contributed by atoms with E-state index in [0.717, 1.165) is 13.2 Å². The summed E-state index contributed by atoms with van der Waals surface area (Å²) in [5, 5.41) is -0.219. The van der Waals surface area contributed by atoms with Crippen LogP contribution in [0.3, 0.4) is 0 Å². The summed E-state index contributed by atoms with van der Waals surface area (Å²) in [4.78, 5) is 2.60. The predicted octanol–water partition coefficient (Wildman–Crippen LogP) is 1.32. The van der Waals surface area contributed by atoms with E-state index >= 15 is 0 Å². The minimum atomic E-state index is -3.93. The normalized spacial score (nSPS) is 22.4. The van der Waals surface area contributed by atoms with E-state index in [1.807, 2.05) is 4.72 Å². The third kappa shape index (κ3) is 3.59. The fourth-order valence-electron chi connectivity index (χ4n) is 1.61. The SMILES string of the molecule is [2H]c1c(CS(=O)(=O)NC)c([2H])c2c(C([2H])([2H])CN(C([2H])([2H])[2H])C([2H])([2H])[2H])c[nH]c2c1[2H]. The van der Waals surface area contributed by atoms with Gasteiger partial charge in [-0.15, -0.1) is 0 Å². The van der Waals surface area contributed by atoms with Crippen molar-refractivity contribution < 1.29 is 23.5 Å². The van der Waals surface area contributed by atoms with E-state index in [1.165, 1.54) is 0 Å². The summed E-state index contributed by atoms with van der Waals surface area (Å²) >= 11 is 0. The van der Waals surface area contributed by atoms with Gasteiger partial charge >= 0.3 is 0 Å². The van der Waals surface area contributed by atoms with Crippen molar-refractivity contribution in [2.45, 2.75) is 12.1 Å². The highest BCUT2D eigenvalue weighted by molar-refractivity contribution is 7.88. The van der Waals surface area contributed by atoms with E-state index in [9.17, 15) is 8.42 Å². The maximum absolute atomic E-state index is 12.0. The Morgan fingerprint density at radius 1 is 1.50 bits per heavy atom. The molecule has 2 aromatic rings. The first kappa shape index (κ1) is 6.17. The van der Waals surface area contributed by atoms with Gasteiger partial charge in [0.1, 0.15) is 0 Å². The average molecular weight is 306 g/mol. The van der Waals surface area contributed by atoms with Gasteiger partial charge in [0.05, 0.1) is 9.87 Å². The maximum Gasteiger partial charge on any atom is 0.215 e. The minimum absolute atomic E-state index is 0.0370. The van der Waals surface area contributed by atoms with Crippen LogP contribution in [-0.4, -0.2) is 45.8 Å². The molecule has 6 heteroatoms. The van der Waals surface area contributed by atoms with Gasteiger partial charge in [0, 0.05) is 34.6 Å². The van der Waals surface area contributed by atoms with Crippen LogP contribution in [-0.2, 0) is 22.1 Å². The summed E-state index contributed by atoms with van der Waals surface area (Å²) in [6.07, 6.45) is -1.56. The summed E-state index contributed by atoms with van der Waals surface area (Å²) in [7, 11) is -2.79. The highest BCUT2D eigenvalue weighted by atomic mass is 32.2. The van der Waals surface area contributed by atoms with Crippen LogP contribution in [0.25, 0.3) is 10.9 Å². The molecule has 0 aliphatic rings. The molecule has 0 bridgehead atoms. The van der Waals surface area contributed by atoms with Gasteiger partial charge in [0.2, 0.25) is 10.0 Å². The van der Waals surface area contributed by atoms with E-state index in [4.69, 9.17) is 15.1 Å². The second-order valence-corrected chi connectivity index (χ2v) is 5.96. The fraction of sp³-hybridized carbons (Fsp3) is 0.429. The summed E-state index contributed by atoms with van der Waals surface area (Å²) < 4.78 is 112. The number of aromatic nitrogens is 1. The largest absolute Gasteiger partial charge is 0.361 e. The van der Waals surface area contributed by atoms with Crippen molar-refractivity contribution in [1.29, 1.82) is 0 Å². The molecular formula is C14H21N3O2S. The van der Waals surface area contributed by atoms with E-state index in [-0.39, 0.29) is 26.9 Å². The molecule has 2 rings (SSSR count). The van der Waals surface area contributed by atoms with Crippen LogP contribution < -0.4 is 4.72 Å². The number of nitrogens with one attached hydrogen (secondary N) is 2. The Labute approximate surface area is 135 Å². The first-order valence-electron chi connectivity index (χ1n) is 11.1. The van der Waals surface area contributed by atoms with E-state index in [2.05, 4.69) is 4.98 Å². The topological polar surface area (TPSA) is 65.2 Å². The van der Waals surface area contributed by atoms with Crippen molar-refractivity contribution in [3.8, 4) is 0 Å². The van der Waals surface area contributed by atoms with Gasteiger partial charge in [-0.2, -0.15) is 0 Å². The molecule has 1 aromatic carbocycles. The number of hydrogen-bond acceptors (Lipinski definition) is 3. The number of fused-ring (bicyclic) bond motifs is 1. The molecule has 0 spiro atoms.